The van der Waals surface area contributed by atoms with Gasteiger partial charge in [0.2, 0.25) is 0 Å². The van der Waals surface area contributed by atoms with E-state index < -0.39 is 5.82 Å². The first-order valence-electron chi connectivity index (χ1n) is 13.4. The van der Waals surface area contributed by atoms with Crippen molar-refractivity contribution in [3.05, 3.63) is 89.4 Å². The van der Waals surface area contributed by atoms with E-state index >= 15 is 4.39 Å². The van der Waals surface area contributed by atoms with E-state index in [1.807, 2.05) is 32.0 Å². The Morgan fingerprint density at radius 2 is 1.87 bits per heavy atom. The number of rotatable bonds is 8. The second-order valence-electron chi connectivity index (χ2n) is 9.72. The molecule has 0 unspecified atom stereocenters. The molecule has 5 rings (SSSR count). The molecule has 0 aliphatic carbocycles. The highest BCUT2D eigenvalue weighted by Gasteiger charge is 2.26. The average molecular weight is 534 g/mol. The number of benzene rings is 2. The van der Waals surface area contributed by atoms with Gasteiger partial charge in [-0.05, 0) is 68.3 Å². The number of aromatic nitrogens is 2. The normalized spacial score (nSPS) is 15.6. The van der Waals surface area contributed by atoms with Gasteiger partial charge < -0.3 is 19.9 Å². The second-order valence-corrected chi connectivity index (χ2v) is 9.72. The molecule has 1 N–H and O–H groups in total. The minimum atomic E-state index is -0.412. The fourth-order valence-corrected chi connectivity index (χ4v) is 5.20. The van der Waals surface area contributed by atoms with Crippen molar-refractivity contribution in [2.75, 3.05) is 36.0 Å². The zero-order chi connectivity index (χ0) is 27.5. The van der Waals surface area contributed by atoms with Crippen LogP contribution < -0.4 is 19.9 Å². The van der Waals surface area contributed by atoms with Crippen molar-refractivity contribution in [1.29, 1.82) is 0 Å². The maximum Gasteiger partial charge on any atom is 0.270 e. The molecule has 1 amide bonds. The third-order valence-electron chi connectivity index (χ3n) is 7.12. The maximum absolute atomic E-state index is 15.2. The van der Waals surface area contributed by atoms with Crippen LogP contribution in [0.5, 0.6) is 5.75 Å². The van der Waals surface area contributed by atoms with E-state index in [4.69, 9.17) is 4.74 Å². The molecule has 7 nitrogen and oxygen atoms in total. The number of anilines is 2. The van der Waals surface area contributed by atoms with E-state index in [0.717, 1.165) is 18.0 Å². The van der Waals surface area contributed by atoms with Crippen molar-refractivity contribution >= 4 is 22.9 Å². The van der Waals surface area contributed by atoms with Gasteiger partial charge in [-0.25, -0.2) is 13.8 Å². The molecule has 1 saturated heterocycles. The third-order valence-corrected chi connectivity index (χ3v) is 7.12. The highest BCUT2D eigenvalue weighted by molar-refractivity contribution is 5.94. The Balaban J connectivity index is 1.23. The van der Waals surface area contributed by atoms with E-state index in [1.54, 1.807) is 10.5 Å². The molecule has 1 fully saturated rings. The lowest BCUT2D eigenvalue weighted by Crippen LogP contribution is -2.52. The molecular formula is C30H33F2N5O2. The van der Waals surface area contributed by atoms with E-state index in [2.05, 4.69) is 39.2 Å². The average Bonchev–Trinajstić information content (AvgIpc) is 3.30. The van der Waals surface area contributed by atoms with Crippen LogP contribution in [-0.4, -0.2) is 47.6 Å². The van der Waals surface area contributed by atoms with Crippen molar-refractivity contribution in [3.8, 4) is 5.75 Å². The molecule has 2 aromatic carbocycles. The van der Waals surface area contributed by atoms with Crippen molar-refractivity contribution in [2.45, 2.75) is 39.8 Å². The molecule has 1 aliphatic heterocycles. The Hall–Kier alpha value is -4.14. The van der Waals surface area contributed by atoms with Crippen LogP contribution in [0.3, 0.4) is 0 Å². The Bertz CT molecular complexity index is 1470. The van der Waals surface area contributed by atoms with E-state index in [1.165, 1.54) is 24.4 Å². The summed E-state index contributed by atoms with van der Waals surface area (Å²) in [5, 5.41) is 2.86. The number of nitrogens with zero attached hydrogens (tertiary/aromatic N) is 4. The van der Waals surface area contributed by atoms with Crippen LogP contribution >= 0.6 is 0 Å². The lowest BCUT2D eigenvalue weighted by molar-refractivity contribution is 0.0944. The van der Waals surface area contributed by atoms with Crippen molar-refractivity contribution in [1.82, 2.24) is 14.7 Å². The number of pyridine rings is 1. The number of piperazine rings is 1. The van der Waals surface area contributed by atoms with Crippen molar-refractivity contribution < 1.29 is 18.3 Å². The van der Waals surface area contributed by atoms with Crippen LogP contribution in [0.15, 0.2) is 60.8 Å². The van der Waals surface area contributed by atoms with Crippen LogP contribution in [0.25, 0.3) is 5.65 Å². The number of aryl methyl sites for hydroxylation is 1. The summed E-state index contributed by atoms with van der Waals surface area (Å²) in [4.78, 5) is 21.8. The number of fused-ring (bicyclic) bond motifs is 1. The Labute approximate surface area is 227 Å². The minimum Gasteiger partial charge on any atom is -0.494 e. The standard InChI is InChI=1S/C30H33F2N5O2/c1-4-26-29(37-13-12-22(31)17-28(37)34-26)30(38)33-18-21-6-11-27(25(32)16-21)35-14-15-36(20(3)19-35)23-7-9-24(10-8-23)39-5-2/h6-13,16-17,20H,4-5,14-15,18-19H2,1-3H3,(H,33,38)/t20-/m0/s1. The first kappa shape index (κ1) is 26.5. The van der Waals surface area contributed by atoms with Crippen LogP contribution in [-0.2, 0) is 13.0 Å². The van der Waals surface area contributed by atoms with Gasteiger partial charge in [-0.15, -0.1) is 0 Å². The quantitative estimate of drug-likeness (QED) is 0.337. The molecule has 2 aromatic heterocycles. The number of halogens is 2. The molecule has 0 saturated carbocycles. The molecule has 204 valence electrons. The van der Waals surface area contributed by atoms with E-state index in [-0.39, 0.29) is 24.3 Å². The summed E-state index contributed by atoms with van der Waals surface area (Å²) < 4.78 is 36.0. The molecule has 1 atom stereocenters. The van der Waals surface area contributed by atoms with Crippen LogP contribution in [0.1, 0.15) is 42.5 Å². The largest absolute Gasteiger partial charge is 0.494 e. The fourth-order valence-electron chi connectivity index (χ4n) is 5.20. The van der Waals surface area contributed by atoms with Gasteiger partial charge in [0.15, 0.2) is 0 Å². The van der Waals surface area contributed by atoms with Crippen LogP contribution in [0.2, 0.25) is 0 Å². The Morgan fingerprint density at radius 1 is 1.08 bits per heavy atom. The predicted molar refractivity (Wildman–Crippen MR) is 149 cm³/mol. The van der Waals surface area contributed by atoms with Gasteiger partial charge in [0.05, 0.1) is 18.0 Å². The molecule has 1 aliphatic rings. The summed E-state index contributed by atoms with van der Waals surface area (Å²) in [6.45, 7) is 8.95. The number of amides is 1. The van der Waals surface area contributed by atoms with Crippen LogP contribution in [0, 0.1) is 11.6 Å². The molecule has 0 bridgehead atoms. The molecule has 0 radical (unpaired) electrons. The lowest BCUT2D eigenvalue weighted by atomic mass is 10.1. The lowest BCUT2D eigenvalue weighted by Gasteiger charge is -2.42. The second kappa shape index (κ2) is 11.3. The van der Waals surface area contributed by atoms with Crippen LogP contribution in [0.4, 0.5) is 20.2 Å². The molecule has 9 heteroatoms. The molecule has 4 aromatic rings. The number of imidazole rings is 1. The summed E-state index contributed by atoms with van der Waals surface area (Å²) in [6.07, 6.45) is 2.02. The summed E-state index contributed by atoms with van der Waals surface area (Å²) in [6, 6.07) is 16.0. The van der Waals surface area contributed by atoms with Crippen molar-refractivity contribution in [3.63, 3.8) is 0 Å². The highest BCUT2D eigenvalue weighted by atomic mass is 19.1. The molecular weight excluding hydrogens is 500 g/mol. The zero-order valence-electron chi connectivity index (χ0n) is 22.5. The van der Waals surface area contributed by atoms with E-state index in [0.29, 0.717) is 54.4 Å². The smallest absolute Gasteiger partial charge is 0.270 e. The molecule has 39 heavy (non-hydrogen) atoms. The number of ether oxygens (including phenoxy) is 1. The topological polar surface area (TPSA) is 62.1 Å². The SMILES string of the molecule is CCOc1ccc(N2CCN(c3ccc(CNC(=O)c4c(CC)nc5cc(F)ccn45)cc3F)C[C@@H]2C)cc1. The maximum atomic E-state index is 15.2. The number of hydrogen-bond donors (Lipinski definition) is 1. The van der Waals surface area contributed by atoms with Gasteiger partial charge in [-0.2, -0.15) is 0 Å². The minimum absolute atomic E-state index is 0.162. The summed E-state index contributed by atoms with van der Waals surface area (Å²) in [5.74, 6) is -0.215. The first-order chi connectivity index (χ1) is 18.9. The number of carbonyl (C=O) groups is 1. The third kappa shape index (κ3) is 5.53. The Morgan fingerprint density at radius 3 is 2.56 bits per heavy atom. The monoisotopic (exact) mass is 533 g/mol. The number of nitrogens with one attached hydrogen (secondary N) is 1. The highest BCUT2D eigenvalue weighted by Crippen LogP contribution is 2.28. The van der Waals surface area contributed by atoms with Crippen molar-refractivity contribution in [2.24, 2.45) is 0 Å². The Kier molecular flexibility index (Phi) is 7.67. The number of hydrogen-bond acceptors (Lipinski definition) is 5. The van der Waals surface area contributed by atoms with Gasteiger partial charge in [0.1, 0.15) is 28.7 Å². The zero-order valence-corrected chi connectivity index (χ0v) is 22.5. The van der Waals surface area contributed by atoms with Gasteiger partial charge in [0, 0.05) is 50.2 Å². The first-order valence-corrected chi connectivity index (χ1v) is 13.4. The summed E-state index contributed by atoms with van der Waals surface area (Å²) >= 11 is 0. The van der Waals surface area contributed by atoms with Gasteiger partial charge in [-0.3, -0.25) is 9.20 Å². The molecule has 3 heterocycles. The predicted octanol–water partition coefficient (Wildman–Crippen LogP) is 5.22. The molecule has 0 spiro atoms. The van der Waals surface area contributed by atoms with Gasteiger partial charge in [-0.1, -0.05) is 13.0 Å². The number of carbonyl (C=O) groups excluding carboxylic acids is 1. The summed E-state index contributed by atoms with van der Waals surface area (Å²) in [7, 11) is 0. The fraction of sp³-hybridized carbons (Fsp3) is 0.333. The van der Waals surface area contributed by atoms with E-state index in [9.17, 15) is 9.18 Å². The summed E-state index contributed by atoms with van der Waals surface area (Å²) in [5.41, 5.74) is 3.66. The van der Waals surface area contributed by atoms with Gasteiger partial charge >= 0.3 is 0 Å². The van der Waals surface area contributed by atoms with Gasteiger partial charge in [0.25, 0.3) is 5.91 Å².